The van der Waals surface area contributed by atoms with E-state index in [1.807, 2.05) is 29.0 Å². The van der Waals surface area contributed by atoms with Crippen molar-refractivity contribution in [2.75, 3.05) is 18.0 Å². The second-order valence-corrected chi connectivity index (χ2v) is 11.5. The molecular weight excluding hydrogens is 575 g/mol. The zero-order valence-corrected chi connectivity index (χ0v) is 23.6. The first kappa shape index (κ1) is 27.2. The summed E-state index contributed by atoms with van der Waals surface area (Å²) in [5.41, 5.74) is 4.19. The van der Waals surface area contributed by atoms with Crippen molar-refractivity contribution in [1.82, 2.24) is 14.9 Å². The van der Waals surface area contributed by atoms with Crippen LogP contribution in [0.1, 0.15) is 53.3 Å². The largest absolute Gasteiger partial charge is 0.755 e. The number of rotatable bonds is 8. The molecule has 1 saturated carbocycles. The Bertz CT molecular complexity index is 1580. The average molecular weight is 601 g/mol. The van der Waals surface area contributed by atoms with Crippen molar-refractivity contribution in [3.8, 4) is 11.3 Å². The molecule has 6 rings (SSSR count). The number of aromatic nitrogens is 2. The minimum Gasteiger partial charge on any atom is -0.755 e. The molecule has 208 valence electrons. The number of piperidine rings is 1. The molecule has 4 aromatic rings. The summed E-state index contributed by atoms with van der Waals surface area (Å²) in [6, 6.07) is 12.9. The van der Waals surface area contributed by atoms with Crippen LogP contribution in [0.2, 0.25) is 10.0 Å². The van der Waals surface area contributed by atoms with Crippen molar-refractivity contribution >= 4 is 57.0 Å². The number of fused-ring (bicyclic) bond motifs is 1. The number of pyridine rings is 1. The Kier molecular flexibility index (Phi) is 7.78. The van der Waals surface area contributed by atoms with Gasteiger partial charge in [0.1, 0.15) is 11.5 Å². The van der Waals surface area contributed by atoms with E-state index in [0.29, 0.717) is 33.8 Å². The van der Waals surface area contributed by atoms with E-state index in [2.05, 4.69) is 15.0 Å². The maximum atomic E-state index is 12.0. The third-order valence-corrected chi connectivity index (χ3v) is 8.32. The van der Waals surface area contributed by atoms with Crippen LogP contribution in [0.15, 0.2) is 53.2 Å². The predicted molar refractivity (Wildman–Crippen MR) is 152 cm³/mol. The fourth-order valence-corrected chi connectivity index (χ4v) is 5.94. The molecule has 2 aliphatic rings. The van der Waals surface area contributed by atoms with Gasteiger partial charge in [-0.2, -0.15) is 0 Å². The molecule has 1 aliphatic carbocycles. The highest BCUT2D eigenvalue weighted by molar-refractivity contribution is 7.77. The fraction of sp³-hybridized carbons (Fsp3) is 0.321. The van der Waals surface area contributed by atoms with Gasteiger partial charge in [0.15, 0.2) is 0 Å². The van der Waals surface area contributed by atoms with Crippen molar-refractivity contribution in [2.24, 2.45) is 0 Å². The Morgan fingerprint density at radius 2 is 1.88 bits per heavy atom. The number of nitrogens with one attached hydrogen (secondary N) is 1. The molecule has 0 spiro atoms. The summed E-state index contributed by atoms with van der Waals surface area (Å²) in [4.78, 5) is 18.6. The van der Waals surface area contributed by atoms with Crippen molar-refractivity contribution in [1.29, 1.82) is 0 Å². The van der Waals surface area contributed by atoms with E-state index in [9.17, 15) is 13.6 Å². The lowest BCUT2D eigenvalue weighted by atomic mass is 10.0. The number of benzene rings is 2. The van der Waals surface area contributed by atoms with Crippen LogP contribution < -0.4 is 9.62 Å². The van der Waals surface area contributed by atoms with E-state index in [1.165, 1.54) is 6.20 Å². The maximum absolute atomic E-state index is 12.0. The van der Waals surface area contributed by atoms with Gasteiger partial charge in [-0.3, -0.25) is 18.7 Å². The Morgan fingerprint density at radius 3 is 2.58 bits per heavy atom. The normalized spacial score (nSPS) is 16.8. The highest BCUT2D eigenvalue weighted by Crippen LogP contribution is 2.46. The number of ether oxygens (including phenoxy) is 1. The number of halogens is 2. The number of hydrogen-bond donors (Lipinski definition) is 1. The second-order valence-electron chi connectivity index (χ2n) is 10.0. The third-order valence-electron chi connectivity index (χ3n) is 7.34. The van der Waals surface area contributed by atoms with Gasteiger partial charge in [0.25, 0.3) is 5.91 Å². The zero-order chi connectivity index (χ0) is 27.8. The topological polar surface area (TPSA) is 121 Å². The first-order chi connectivity index (χ1) is 19.4. The standard InChI is InChI=1S/C28H26Cl2N4O5S/c29-22-2-1-3-23(30)25(22)26-21(27(39-32-26)16-4-5-16)15-38-20-8-10-34(11-9-20)19-7-6-17-12-18(14-31-24(17)13-19)28(35)33-40(36)37/h1-3,6-7,12-14,16,20H,4-5,8-11,15H2,(H,33,35)(H,36,37)/p-1. The summed E-state index contributed by atoms with van der Waals surface area (Å²) in [6.07, 6.45) is 5.31. The summed E-state index contributed by atoms with van der Waals surface area (Å²) < 4.78 is 35.5. The lowest BCUT2D eigenvalue weighted by Crippen LogP contribution is -2.37. The van der Waals surface area contributed by atoms with Crippen molar-refractivity contribution < 1.29 is 22.8 Å². The minimum atomic E-state index is -2.68. The number of carbonyl (C=O) groups is 1. The molecule has 1 unspecified atom stereocenters. The van der Waals surface area contributed by atoms with Crippen LogP contribution in [0.25, 0.3) is 22.2 Å². The molecular formula is C28H25Cl2N4O5S-. The van der Waals surface area contributed by atoms with Gasteiger partial charge in [-0.25, -0.2) is 0 Å². The van der Waals surface area contributed by atoms with Gasteiger partial charge >= 0.3 is 0 Å². The molecule has 2 aromatic heterocycles. The van der Waals surface area contributed by atoms with Crippen LogP contribution in [-0.4, -0.2) is 44.0 Å². The first-order valence-corrected chi connectivity index (χ1v) is 14.8. The Labute approximate surface area is 243 Å². The summed E-state index contributed by atoms with van der Waals surface area (Å²) in [6.45, 7) is 2.01. The second kappa shape index (κ2) is 11.5. The predicted octanol–water partition coefficient (Wildman–Crippen LogP) is 5.78. The summed E-state index contributed by atoms with van der Waals surface area (Å²) >= 11 is 10.3. The Balaban J connectivity index is 1.11. The number of anilines is 1. The molecule has 9 nitrogen and oxygen atoms in total. The molecule has 1 N–H and O–H groups in total. The first-order valence-electron chi connectivity index (χ1n) is 13.0. The highest BCUT2D eigenvalue weighted by Gasteiger charge is 2.34. The van der Waals surface area contributed by atoms with E-state index >= 15 is 0 Å². The number of hydrogen-bond acceptors (Lipinski definition) is 8. The molecule has 1 saturated heterocycles. The lowest BCUT2D eigenvalue weighted by molar-refractivity contribution is 0.0246. The van der Waals surface area contributed by atoms with Gasteiger partial charge in [0, 0.05) is 58.7 Å². The van der Waals surface area contributed by atoms with E-state index in [1.54, 1.807) is 18.2 Å². The van der Waals surface area contributed by atoms with E-state index in [4.69, 9.17) is 32.5 Å². The molecule has 1 aliphatic heterocycles. The quantitative estimate of drug-likeness (QED) is 0.253. The van der Waals surface area contributed by atoms with Gasteiger partial charge in [-0.05, 0) is 56.0 Å². The molecule has 0 radical (unpaired) electrons. The fourth-order valence-electron chi connectivity index (χ4n) is 5.10. The highest BCUT2D eigenvalue weighted by atomic mass is 35.5. The van der Waals surface area contributed by atoms with Gasteiger partial charge in [0.05, 0.1) is 33.8 Å². The molecule has 3 heterocycles. The van der Waals surface area contributed by atoms with Crippen molar-refractivity contribution in [3.05, 3.63) is 75.6 Å². The van der Waals surface area contributed by atoms with Crippen LogP contribution in [0.3, 0.4) is 0 Å². The monoisotopic (exact) mass is 599 g/mol. The van der Waals surface area contributed by atoms with Gasteiger partial charge in [-0.15, -0.1) is 0 Å². The van der Waals surface area contributed by atoms with Crippen LogP contribution >= 0.6 is 23.2 Å². The number of carbonyl (C=O) groups excluding carboxylic acids is 1. The van der Waals surface area contributed by atoms with Crippen molar-refractivity contribution in [2.45, 2.75) is 44.3 Å². The van der Waals surface area contributed by atoms with Crippen LogP contribution in [0, 0.1) is 0 Å². The SMILES string of the molecule is O=C(NS(=O)[O-])c1cnc2cc(N3CCC(OCc4c(-c5c(Cl)cccc5Cl)noc4C4CC4)CC3)ccc2c1. The zero-order valence-electron chi connectivity index (χ0n) is 21.3. The Hall–Kier alpha value is -3.02. The summed E-state index contributed by atoms with van der Waals surface area (Å²) in [5, 5.41) is 6.16. The van der Waals surface area contributed by atoms with Crippen LogP contribution in [0.5, 0.6) is 0 Å². The molecule has 2 fully saturated rings. The number of nitrogens with zero attached hydrogens (tertiary/aromatic N) is 3. The minimum absolute atomic E-state index is 0.0824. The Morgan fingerprint density at radius 1 is 1.12 bits per heavy atom. The van der Waals surface area contributed by atoms with Gasteiger partial charge < -0.3 is 18.7 Å². The third kappa shape index (κ3) is 5.73. The molecule has 1 amide bonds. The van der Waals surface area contributed by atoms with E-state index < -0.39 is 17.2 Å². The molecule has 2 aromatic carbocycles. The average Bonchev–Trinajstić information content (AvgIpc) is 3.71. The molecule has 0 bridgehead atoms. The molecule has 1 atom stereocenters. The van der Waals surface area contributed by atoms with Crippen LogP contribution in [-0.2, 0) is 22.6 Å². The summed E-state index contributed by atoms with van der Waals surface area (Å²) in [5.74, 6) is 0.519. The molecule has 40 heavy (non-hydrogen) atoms. The summed E-state index contributed by atoms with van der Waals surface area (Å²) in [7, 11) is 0. The van der Waals surface area contributed by atoms with Crippen LogP contribution in [0.4, 0.5) is 5.69 Å². The maximum Gasteiger partial charge on any atom is 0.263 e. The number of amides is 1. The van der Waals surface area contributed by atoms with E-state index in [-0.39, 0.29) is 11.7 Å². The lowest BCUT2D eigenvalue weighted by Gasteiger charge is -2.33. The van der Waals surface area contributed by atoms with Gasteiger partial charge in [-0.1, -0.05) is 40.5 Å². The van der Waals surface area contributed by atoms with E-state index in [0.717, 1.165) is 66.7 Å². The van der Waals surface area contributed by atoms with Gasteiger partial charge in [0.2, 0.25) is 0 Å². The molecule has 12 heteroatoms. The van der Waals surface area contributed by atoms with Crippen molar-refractivity contribution in [3.63, 3.8) is 0 Å². The smallest absolute Gasteiger partial charge is 0.263 e.